The van der Waals surface area contributed by atoms with Gasteiger partial charge in [-0.15, -0.1) is 0 Å². The van der Waals surface area contributed by atoms with Crippen molar-refractivity contribution in [2.75, 3.05) is 27.2 Å². The third-order valence-corrected chi connectivity index (χ3v) is 5.89. The van der Waals surface area contributed by atoms with Gasteiger partial charge in [0.25, 0.3) is 6.43 Å². The number of phenols is 1. The van der Waals surface area contributed by atoms with Crippen molar-refractivity contribution in [1.82, 2.24) is 24.6 Å². The van der Waals surface area contributed by atoms with E-state index < -0.39 is 19.1 Å². The van der Waals surface area contributed by atoms with Crippen LogP contribution in [-0.2, 0) is 6.54 Å². The lowest BCUT2D eigenvalue weighted by Gasteiger charge is -2.24. The Hall–Kier alpha value is -3.66. The summed E-state index contributed by atoms with van der Waals surface area (Å²) in [6, 6.07) is 12.4. The van der Waals surface area contributed by atoms with Crippen LogP contribution in [0.25, 0.3) is 33.4 Å². The molecule has 0 spiro atoms. The van der Waals surface area contributed by atoms with E-state index in [1.54, 1.807) is 6.07 Å². The first-order valence-corrected chi connectivity index (χ1v) is 11.6. The van der Waals surface area contributed by atoms with Crippen molar-refractivity contribution < 1.29 is 23.0 Å². The van der Waals surface area contributed by atoms with Crippen molar-refractivity contribution in [1.29, 1.82) is 0 Å². The summed E-state index contributed by atoms with van der Waals surface area (Å²) in [5.74, 6) is 0.223. The number of nitrogens with zero attached hydrogens (tertiary/aromatic N) is 5. The third kappa shape index (κ3) is 5.93. The molecule has 0 aliphatic carbocycles. The second kappa shape index (κ2) is 11.4. The van der Waals surface area contributed by atoms with E-state index in [9.17, 15) is 18.3 Å². The third-order valence-electron chi connectivity index (χ3n) is 5.89. The van der Waals surface area contributed by atoms with Gasteiger partial charge < -0.3 is 14.7 Å². The molecule has 1 fully saturated rings. The van der Waals surface area contributed by atoms with E-state index in [0.29, 0.717) is 34.4 Å². The summed E-state index contributed by atoms with van der Waals surface area (Å²) < 4.78 is 44.6. The molecule has 1 aliphatic heterocycles. The zero-order chi connectivity index (χ0) is 25.7. The molecule has 0 radical (unpaired) electrons. The fraction of sp³-hybridized carbons (Fsp3) is 0.346. The van der Waals surface area contributed by atoms with Crippen LogP contribution in [0.4, 0.5) is 13.2 Å². The van der Waals surface area contributed by atoms with Gasteiger partial charge >= 0.3 is 0 Å². The van der Waals surface area contributed by atoms with Crippen molar-refractivity contribution in [3.8, 4) is 34.0 Å². The van der Waals surface area contributed by atoms with Crippen LogP contribution in [0.2, 0.25) is 0 Å². The van der Waals surface area contributed by atoms with E-state index >= 15 is 0 Å². The lowest BCUT2D eigenvalue weighted by molar-refractivity contribution is 0.122. The number of hydrogen-bond acceptors (Lipinski definition) is 6. The summed E-state index contributed by atoms with van der Waals surface area (Å²) in [5.41, 5.74) is 2.91. The topological polar surface area (TPSA) is 76.3 Å². The average molecular weight is 500 g/mol. The highest BCUT2D eigenvalue weighted by molar-refractivity contribution is 5.97. The fourth-order valence-corrected chi connectivity index (χ4v) is 4.19. The Morgan fingerprint density at radius 1 is 1.14 bits per heavy atom. The van der Waals surface area contributed by atoms with Crippen molar-refractivity contribution in [3.05, 3.63) is 55.0 Å². The van der Waals surface area contributed by atoms with Gasteiger partial charge in [-0.3, -0.25) is 4.68 Å². The largest absolute Gasteiger partial charge is 0.504 e. The van der Waals surface area contributed by atoms with Crippen LogP contribution in [0.15, 0.2) is 55.0 Å². The predicted octanol–water partition coefficient (Wildman–Crippen LogP) is 5.19. The monoisotopic (exact) mass is 499 g/mol. The Bertz CT molecular complexity index is 1290. The molecule has 3 heterocycles. The van der Waals surface area contributed by atoms with Gasteiger partial charge in [0.15, 0.2) is 11.5 Å². The minimum atomic E-state index is -2.54. The smallest absolute Gasteiger partial charge is 0.257 e. The molecule has 0 bridgehead atoms. The SMILES string of the molecule is CN1CCCC(F)C1.COc1cc2ncnc(-c3cn(CC(F)F)nc3-c3ccccc3)c2cc1O. The number of phenolic OH excluding ortho intramolecular Hbond substituents is 1. The Kier molecular flexibility index (Phi) is 8.04. The Morgan fingerprint density at radius 3 is 2.56 bits per heavy atom. The maximum absolute atomic E-state index is 12.9. The maximum Gasteiger partial charge on any atom is 0.257 e. The summed E-state index contributed by atoms with van der Waals surface area (Å²) in [5, 5.41) is 15.1. The number of methoxy groups -OCH3 is 1. The highest BCUT2D eigenvalue weighted by Gasteiger charge is 2.19. The summed E-state index contributed by atoms with van der Waals surface area (Å²) in [7, 11) is 3.41. The lowest BCUT2D eigenvalue weighted by atomic mass is 10.0. The van der Waals surface area contributed by atoms with Gasteiger partial charge in [0.2, 0.25) is 0 Å². The Balaban J connectivity index is 0.000000325. The molecule has 0 amide bonds. The predicted molar refractivity (Wildman–Crippen MR) is 132 cm³/mol. The van der Waals surface area contributed by atoms with Crippen LogP contribution in [0, 0.1) is 0 Å². The second-order valence-corrected chi connectivity index (χ2v) is 8.64. The molecule has 1 unspecified atom stereocenters. The zero-order valence-corrected chi connectivity index (χ0v) is 20.1. The Morgan fingerprint density at radius 2 is 1.92 bits per heavy atom. The van der Waals surface area contributed by atoms with E-state index in [1.807, 2.05) is 42.3 Å². The summed E-state index contributed by atoms with van der Waals surface area (Å²) in [6.45, 7) is 1.18. The van der Waals surface area contributed by atoms with Crippen LogP contribution in [-0.4, -0.2) is 69.6 Å². The van der Waals surface area contributed by atoms with Crippen LogP contribution >= 0.6 is 0 Å². The number of rotatable bonds is 5. The van der Waals surface area contributed by atoms with Gasteiger partial charge in [0, 0.05) is 35.3 Å². The number of aromatic nitrogens is 4. The molecule has 2 aromatic heterocycles. The first kappa shape index (κ1) is 25.4. The number of likely N-dealkylation sites (tertiary alicyclic amines) is 1. The first-order chi connectivity index (χ1) is 17.4. The molecular formula is C26H28F3N5O2. The Labute approximate surface area is 207 Å². The van der Waals surface area contributed by atoms with Crippen molar-refractivity contribution >= 4 is 10.9 Å². The maximum atomic E-state index is 12.9. The standard InChI is InChI=1S/C20H16F2N4O2.C6H12FN/c1-28-17-8-15-13(7-16(17)27)20(24-11-23-15)14-9-26(10-18(21)22)25-19(14)12-5-3-2-4-6-12;1-8-4-2-3-6(7)5-8/h2-9,11,18,27H,10H2,1H3;6H,2-5H2,1H3. The van der Waals surface area contributed by atoms with E-state index in [0.717, 1.165) is 24.9 Å². The average Bonchev–Trinajstić information content (AvgIpc) is 3.27. The fourth-order valence-electron chi connectivity index (χ4n) is 4.19. The normalized spacial score (nSPS) is 16.1. The van der Waals surface area contributed by atoms with E-state index in [2.05, 4.69) is 15.1 Å². The van der Waals surface area contributed by atoms with Crippen molar-refractivity contribution in [2.45, 2.75) is 32.0 Å². The van der Waals surface area contributed by atoms with Gasteiger partial charge in [0.1, 0.15) is 24.7 Å². The van der Waals surface area contributed by atoms with Gasteiger partial charge in [0.05, 0.1) is 18.3 Å². The molecule has 2 aromatic carbocycles. The quantitative estimate of drug-likeness (QED) is 0.407. The number of halogens is 3. The number of piperidine rings is 1. The summed E-state index contributed by atoms with van der Waals surface area (Å²) in [6.07, 6.45) is 1.62. The van der Waals surface area contributed by atoms with Gasteiger partial charge in [-0.2, -0.15) is 5.10 Å². The summed E-state index contributed by atoms with van der Waals surface area (Å²) in [4.78, 5) is 10.6. The molecule has 1 saturated heterocycles. The number of fused-ring (bicyclic) bond motifs is 1. The molecule has 1 atom stereocenters. The molecule has 4 aromatic rings. The molecule has 1 N–H and O–H groups in total. The molecule has 1 aliphatic rings. The minimum Gasteiger partial charge on any atom is -0.504 e. The second-order valence-electron chi connectivity index (χ2n) is 8.64. The number of aromatic hydroxyl groups is 1. The van der Waals surface area contributed by atoms with Crippen LogP contribution < -0.4 is 4.74 Å². The molecule has 10 heteroatoms. The molecule has 5 rings (SSSR count). The number of benzene rings is 2. The molecule has 7 nitrogen and oxygen atoms in total. The van der Waals surface area contributed by atoms with E-state index in [-0.39, 0.29) is 11.5 Å². The van der Waals surface area contributed by atoms with Crippen LogP contribution in [0.1, 0.15) is 12.8 Å². The lowest BCUT2D eigenvalue weighted by Crippen LogP contribution is -2.32. The van der Waals surface area contributed by atoms with Crippen molar-refractivity contribution in [3.63, 3.8) is 0 Å². The van der Waals surface area contributed by atoms with E-state index in [4.69, 9.17) is 4.74 Å². The highest BCUT2D eigenvalue weighted by Crippen LogP contribution is 2.37. The van der Waals surface area contributed by atoms with E-state index in [1.165, 1.54) is 30.4 Å². The highest BCUT2D eigenvalue weighted by atomic mass is 19.3. The van der Waals surface area contributed by atoms with Crippen LogP contribution in [0.5, 0.6) is 11.5 Å². The molecule has 36 heavy (non-hydrogen) atoms. The minimum absolute atomic E-state index is 0.0627. The van der Waals surface area contributed by atoms with Crippen LogP contribution in [0.3, 0.4) is 0 Å². The van der Waals surface area contributed by atoms with Crippen molar-refractivity contribution in [2.24, 2.45) is 0 Å². The summed E-state index contributed by atoms with van der Waals surface area (Å²) >= 11 is 0. The number of ether oxygens (including phenoxy) is 1. The molecular weight excluding hydrogens is 471 g/mol. The first-order valence-electron chi connectivity index (χ1n) is 11.6. The van der Waals surface area contributed by atoms with Gasteiger partial charge in [-0.1, -0.05) is 30.3 Å². The molecule has 190 valence electrons. The van der Waals surface area contributed by atoms with Gasteiger partial charge in [-0.05, 0) is 32.5 Å². The molecule has 0 saturated carbocycles. The number of hydrogen-bond donors (Lipinski definition) is 1. The van der Waals surface area contributed by atoms with Gasteiger partial charge in [-0.25, -0.2) is 23.1 Å². The number of alkyl halides is 3. The zero-order valence-electron chi connectivity index (χ0n) is 20.1.